The molecule has 1 aliphatic rings. The Morgan fingerprint density at radius 1 is 0.804 bits per heavy atom. The van der Waals surface area contributed by atoms with Gasteiger partial charge in [0.2, 0.25) is 5.82 Å². The van der Waals surface area contributed by atoms with E-state index in [0.29, 0.717) is 29.1 Å². The highest BCUT2D eigenvalue weighted by atomic mass is 32.2. The molecular weight excluding hydrogens is 629 g/mol. The third-order valence-electron chi connectivity index (χ3n) is 7.54. The number of aliphatic hydroxyl groups excluding tert-OH is 2. The fourth-order valence-electron chi connectivity index (χ4n) is 5.15. The van der Waals surface area contributed by atoms with Gasteiger partial charge in [-0.2, -0.15) is 11.8 Å². The van der Waals surface area contributed by atoms with Crippen molar-refractivity contribution < 1.29 is 46.4 Å². The molecule has 4 aromatic carbocycles. The van der Waals surface area contributed by atoms with Crippen molar-refractivity contribution in [1.29, 1.82) is 0 Å². The highest BCUT2D eigenvalue weighted by Gasteiger charge is 2.32. The Morgan fingerprint density at radius 2 is 1.43 bits per heavy atom. The van der Waals surface area contributed by atoms with Crippen LogP contribution in [0.25, 0.3) is 11.1 Å². The maximum Gasteiger partial charge on any atom is 0.257 e. The predicted octanol–water partition coefficient (Wildman–Crippen LogP) is 6.74. The lowest BCUT2D eigenvalue weighted by atomic mass is 9.97. The maximum atomic E-state index is 14.1. The van der Waals surface area contributed by atoms with Crippen LogP contribution in [0.4, 0.5) is 22.0 Å². The molecule has 1 saturated heterocycles. The van der Waals surface area contributed by atoms with E-state index in [1.54, 1.807) is 36.0 Å². The summed E-state index contributed by atoms with van der Waals surface area (Å²) in [6, 6.07) is 21.7. The molecule has 0 spiro atoms. The summed E-state index contributed by atoms with van der Waals surface area (Å²) in [6.07, 6.45) is -0.510. The monoisotopic (exact) mass is 659 g/mol. The van der Waals surface area contributed by atoms with Gasteiger partial charge in [-0.3, -0.25) is 4.79 Å². The summed E-state index contributed by atoms with van der Waals surface area (Å²) in [5, 5.41) is 20.9. The van der Waals surface area contributed by atoms with Gasteiger partial charge >= 0.3 is 0 Å². The fraction of sp³-hybridized carbons (Fsp3) is 0.265. The lowest BCUT2D eigenvalue weighted by Crippen LogP contribution is -2.31. The average Bonchev–Trinajstić information content (AvgIpc) is 3.09. The van der Waals surface area contributed by atoms with Gasteiger partial charge < -0.3 is 25.0 Å². The second-order valence-corrected chi connectivity index (χ2v) is 11.7. The van der Waals surface area contributed by atoms with Gasteiger partial charge in [0.05, 0.1) is 25.4 Å². The van der Waals surface area contributed by atoms with Crippen molar-refractivity contribution in [2.24, 2.45) is 0 Å². The molecule has 0 saturated carbocycles. The highest BCUT2D eigenvalue weighted by Crippen LogP contribution is 2.39. The van der Waals surface area contributed by atoms with Crippen LogP contribution in [0.15, 0.2) is 72.8 Å². The van der Waals surface area contributed by atoms with Gasteiger partial charge in [0.1, 0.15) is 5.56 Å². The van der Waals surface area contributed by atoms with E-state index in [0.717, 1.165) is 22.3 Å². The molecule has 0 radical (unpaired) electrons. The van der Waals surface area contributed by atoms with E-state index in [1.807, 2.05) is 48.5 Å². The molecule has 46 heavy (non-hydrogen) atoms. The second kappa shape index (κ2) is 15.2. The Hall–Kier alpha value is -3.81. The molecule has 0 bridgehead atoms. The molecular formula is C34H30F5NO5S. The Balaban J connectivity index is 1.33. The van der Waals surface area contributed by atoms with Crippen LogP contribution in [0, 0.1) is 29.1 Å². The number of aliphatic hydroxyl groups is 2. The van der Waals surface area contributed by atoms with Crippen LogP contribution < -0.4 is 5.32 Å². The Morgan fingerprint density at radius 3 is 2.09 bits per heavy atom. The van der Waals surface area contributed by atoms with Crippen LogP contribution in [0.5, 0.6) is 0 Å². The fourth-order valence-corrected chi connectivity index (χ4v) is 5.92. The molecule has 3 unspecified atom stereocenters. The summed E-state index contributed by atoms with van der Waals surface area (Å²) in [6.45, 7) is -0.257. The smallest absolute Gasteiger partial charge is 0.257 e. The average molecular weight is 660 g/mol. The molecule has 1 fully saturated rings. The van der Waals surface area contributed by atoms with Gasteiger partial charge in [0.25, 0.3) is 5.91 Å². The largest absolute Gasteiger partial charge is 0.396 e. The number of nitrogens with one attached hydrogen (secondary N) is 1. The van der Waals surface area contributed by atoms with Crippen molar-refractivity contribution in [3.8, 4) is 11.1 Å². The van der Waals surface area contributed by atoms with Crippen LogP contribution in [-0.2, 0) is 22.6 Å². The molecule has 1 amide bonds. The van der Waals surface area contributed by atoms with Crippen molar-refractivity contribution in [3.05, 3.63) is 130 Å². The van der Waals surface area contributed by atoms with Gasteiger partial charge in [0.15, 0.2) is 29.6 Å². The molecule has 0 aromatic heterocycles. The van der Waals surface area contributed by atoms with E-state index < -0.39 is 46.8 Å². The van der Waals surface area contributed by atoms with Crippen molar-refractivity contribution in [2.75, 3.05) is 18.1 Å². The number of rotatable bonds is 11. The van der Waals surface area contributed by atoms with Gasteiger partial charge in [-0.25, -0.2) is 22.0 Å². The van der Waals surface area contributed by atoms with E-state index in [-0.39, 0.29) is 32.0 Å². The Labute approximate surface area is 266 Å². The zero-order valence-corrected chi connectivity index (χ0v) is 25.1. The zero-order chi connectivity index (χ0) is 32.8. The normalized spacial score (nSPS) is 18.0. The summed E-state index contributed by atoms with van der Waals surface area (Å²) >= 11 is 1.58. The van der Waals surface area contributed by atoms with Gasteiger partial charge in [-0.1, -0.05) is 72.8 Å². The predicted molar refractivity (Wildman–Crippen MR) is 162 cm³/mol. The minimum absolute atomic E-state index is 0.0626. The molecule has 12 heteroatoms. The van der Waals surface area contributed by atoms with Crippen LogP contribution in [0.3, 0.4) is 0 Å². The van der Waals surface area contributed by atoms with E-state index in [1.165, 1.54) is 0 Å². The minimum atomic E-state index is -2.34. The molecule has 1 heterocycles. The number of benzene rings is 4. The first-order valence-corrected chi connectivity index (χ1v) is 15.5. The third kappa shape index (κ3) is 7.42. The molecule has 3 N–H and O–H groups in total. The van der Waals surface area contributed by atoms with Crippen molar-refractivity contribution in [3.63, 3.8) is 0 Å². The number of hydrogen-bond donors (Lipinski definition) is 3. The van der Waals surface area contributed by atoms with Crippen LogP contribution in [-0.4, -0.2) is 40.3 Å². The molecule has 1 aliphatic heterocycles. The summed E-state index contributed by atoms with van der Waals surface area (Å²) in [5.41, 5.74) is 2.85. The molecule has 242 valence electrons. The minimum Gasteiger partial charge on any atom is -0.396 e. The number of amides is 1. The van der Waals surface area contributed by atoms with Crippen molar-refractivity contribution >= 4 is 17.7 Å². The van der Waals surface area contributed by atoms with E-state index in [2.05, 4.69) is 5.32 Å². The molecule has 5 rings (SSSR count). The number of thioether (sulfide) groups is 1. The van der Waals surface area contributed by atoms with Crippen LogP contribution >= 0.6 is 11.8 Å². The Bertz CT molecular complexity index is 1640. The lowest BCUT2D eigenvalue weighted by molar-refractivity contribution is -0.245. The summed E-state index contributed by atoms with van der Waals surface area (Å²) in [4.78, 5) is 12.5. The Kier molecular flexibility index (Phi) is 11.1. The first kappa shape index (κ1) is 33.6. The molecule has 3 atom stereocenters. The topological polar surface area (TPSA) is 88.0 Å². The van der Waals surface area contributed by atoms with Gasteiger partial charge in [-0.05, 0) is 27.8 Å². The lowest BCUT2D eigenvalue weighted by Gasteiger charge is -2.36. The quantitative estimate of drug-likeness (QED) is 0.0716. The van der Waals surface area contributed by atoms with E-state index >= 15 is 0 Å². The third-order valence-corrected chi connectivity index (χ3v) is 8.62. The van der Waals surface area contributed by atoms with Crippen molar-refractivity contribution in [2.45, 2.75) is 38.1 Å². The SMILES string of the molecule is O=C(NCc1ccccc1-c1ccc(C2OC(CSCCO)CC(c3ccc(CO)cc3)O2)cc1)c1c(F)c(F)c(F)c(F)c1F. The number of carbonyl (C=O) groups excluding carboxylic acids is 1. The van der Waals surface area contributed by atoms with Crippen molar-refractivity contribution in [1.82, 2.24) is 5.32 Å². The first-order valence-electron chi connectivity index (χ1n) is 14.4. The van der Waals surface area contributed by atoms with E-state index in [4.69, 9.17) is 9.47 Å². The first-order chi connectivity index (χ1) is 22.2. The number of hydrogen-bond acceptors (Lipinski definition) is 6. The summed E-state index contributed by atoms with van der Waals surface area (Å²) < 4.78 is 81.6. The molecule has 0 aliphatic carbocycles. The highest BCUT2D eigenvalue weighted by molar-refractivity contribution is 7.99. The maximum absolute atomic E-state index is 14.1. The number of carbonyl (C=O) groups is 1. The standard InChI is InChI=1S/C34H30F5NO5S/c35-28-27(29(36)31(38)32(39)30(28)37)33(43)40-16-23-3-1-2-4-25(23)20-9-11-22(12-10-20)34-44-24(18-46-14-13-41)15-26(45-34)21-7-5-19(17-42)6-8-21/h1-12,24,26,34,41-42H,13-18H2,(H,40,43). The van der Waals surface area contributed by atoms with E-state index in [9.17, 15) is 37.0 Å². The molecule has 4 aromatic rings. The van der Waals surface area contributed by atoms with Crippen LogP contribution in [0.2, 0.25) is 0 Å². The summed E-state index contributed by atoms with van der Waals surface area (Å²) in [5.74, 6) is -11.4. The second-order valence-electron chi connectivity index (χ2n) is 10.6. The number of ether oxygens (including phenoxy) is 2. The number of halogens is 5. The van der Waals surface area contributed by atoms with Gasteiger partial charge in [-0.15, -0.1) is 0 Å². The summed E-state index contributed by atoms with van der Waals surface area (Å²) in [7, 11) is 0. The molecule has 6 nitrogen and oxygen atoms in total. The zero-order valence-electron chi connectivity index (χ0n) is 24.3. The van der Waals surface area contributed by atoms with Crippen LogP contribution in [0.1, 0.15) is 51.4 Å². The van der Waals surface area contributed by atoms with Gasteiger partial charge in [0, 0.05) is 30.0 Å².